The molecule has 3 heteroatoms. The van der Waals surface area contributed by atoms with Crippen LogP contribution in [0.1, 0.15) is 36.5 Å². The van der Waals surface area contributed by atoms with E-state index in [2.05, 4.69) is 31.2 Å². The molecule has 0 unspecified atom stereocenters. The maximum absolute atomic E-state index is 11.1. The maximum Gasteiger partial charge on any atom is 0.308 e. The van der Waals surface area contributed by atoms with E-state index in [4.69, 9.17) is 9.47 Å². The Bertz CT molecular complexity index is 878. The molecule has 2 aliphatic rings. The van der Waals surface area contributed by atoms with Crippen molar-refractivity contribution in [2.75, 3.05) is 6.61 Å². The minimum Gasteiger partial charge on any atom is -0.488 e. The first-order chi connectivity index (χ1) is 12.1. The summed E-state index contributed by atoms with van der Waals surface area (Å²) >= 11 is 0. The monoisotopic (exact) mass is 332 g/mol. The molecular weight excluding hydrogens is 312 g/mol. The van der Waals surface area contributed by atoms with Crippen molar-refractivity contribution in [2.24, 2.45) is 0 Å². The molecular formula is C22H20O3. The Balaban J connectivity index is 1.77. The van der Waals surface area contributed by atoms with Gasteiger partial charge in [-0.25, -0.2) is 0 Å². The van der Waals surface area contributed by atoms with Crippen LogP contribution < -0.4 is 4.74 Å². The van der Waals surface area contributed by atoms with Gasteiger partial charge < -0.3 is 9.47 Å². The van der Waals surface area contributed by atoms with E-state index in [-0.39, 0.29) is 5.97 Å². The summed E-state index contributed by atoms with van der Waals surface area (Å²) in [5.41, 5.74) is 7.33. The lowest BCUT2D eigenvalue weighted by molar-refractivity contribution is -0.131. The van der Waals surface area contributed by atoms with E-state index in [0.717, 1.165) is 24.2 Å². The third-order valence-electron chi connectivity index (χ3n) is 4.52. The van der Waals surface area contributed by atoms with Crippen molar-refractivity contribution < 1.29 is 14.3 Å². The Kier molecular flexibility index (Phi) is 3.92. The molecule has 2 aromatic rings. The zero-order valence-electron chi connectivity index (χ0n) is 14.5. The van der Waals surface area contributed by atoms with E-state index in [1.807, 2.05) is 24.3 Å². The summed E-state index contributed by atoms with van der Waals surface area (Å²) in [6.45, 7) is 4.08. The van der Waals surface area contributed by atoms with Crippen LogP contribution in [0.25, 0.3) is 11.1 Å². The van der Waals surface area contributed by atoms with E-state index in [0.29, 0.717) is 12.4 Å². The molecule has 3 nitrogen and oxygen atoms in total. The van der Waals surface area contributed by atoms with Gasteiger partial charge in [0.05, 0.1) is 0 Å². The normalized spacial score (nSPS) is 16.1. The smallest absolute Gasteiger partial charge is 0.308 e. The summed E-state index contributed by atoms with van der Waals surface area (Å²) in [4.78, 5) is 11.1. The molecule has 1 aliphatic carbocycles. The molecule has 25 heavy (non-hydrogen) atoms. The first kappa shape index (κ1) is 15.7. The second kappa shape index (κ2) is 6.25. The van der Waals surface area contributed by atoms with Gasteiger partial charge >= 0.3 is 5.97 Å². The summed E-state index contributed by atoms with van der Waals surface area (Å²) < 4.78 is 11.2. The average Bonchev–Trinajstić information content (AvgIpc) is 3.35. The number of esters is 1. The number of hydrogen-bond acceptors (Lipinski definition) is 3. The third-order valence-corrected chi connectivity index (χ3v) is 4.52. The van der Waals surface area contributed by atoms with Crippen molar-refractivity contribution in [2.45, 2.75) is 26.7 Å². The Morgan fingerprint density at radius 1 is 0.960 bits per heavy atom. The van der Waals surface area contributed by atoms with Crippen LogP contribution in [0.2, 0.25) is 0 Å². The molecule has 0 atom stereocenters. The zero-order valence-corrected chi connectivity index (χ0v) is 14.5. The molecule has 1 heterocycles. The molecule has 0 spiro atoms. The first-order valence-corrected chi connectivity index (χ1v) is 8.56. The first-order valence-electron chi connectivity index (χ1n) is 8.56. The topological polar surface area (TPSA) is 35.5 Å². The molecule has 0 bridgehead atoms. The van der Waals surface area contributed by atoms with E-state index in [9.17, 15) is 4.79 Å². The van der Waals surface area contributed by atoms with Gasteiger partial charge in [-0.1, -0.05) is 42.0 Å². The second-order valence-corrected chi connectivity index (χ2v) is 6.56. The van der Waals surface area contributed by atoms with Crippen LogP contribution in [0, 0.1) is 6.92 Å². The van der Waals surface area contributed by atoms with Gasteiger partial charge in [0.2, 0.25) is 0 Å². The zero-order chi connectivity index (χ0) is 17.4. The van der Waals surface area contributed by atoms with Gasteiger partial charge in [0.1, 0.15) is 18.1 Å². The Morgan fingerprint density at radius 3 is 2.20 bits per heavy atom. The van der Waals surface area contributed by atoms with Gasteiger partial charge in [-0.05, 0) is 48.6 Å². The third kappa shape index (κ3) is 3.22. The van der Waals surface area contributed by atoms with Crippen molar-refractivity contribution in [3.63, 3.8) is 0 Å². The molecule has 0 radical (unpaired) electrons. The molecule has 0 saturated heterocycles. The number of benzene rings is 2. The van der Waals surface area contributed by atoms with Crippen LogP contribution in [-0.4, -0.2) is 12.6 Å². The van der Waals surface area contributed by atoms with Gasteiger partial charge in [-0.3, -0.25) is 4.79 Å². The van der Waals surface area contributed by atoms with Gasteiger partial charge in [0, 0.05) is 18.1 Å². The van der Waals surface area contributed by atoms with Crippen molar-refractivity contribution in [3.8, 4) is 5.75 Å². The van der Waals surface area contributed by atoms with Gasteiger partial charge in [-0.2, -0.15) is 0 Å². The lowest BCUT2D eigenvalue weighted by Gasteiger charge is -2.08. The predicted octanol–water partition coefficient (Wildman–Crippen LogP) is 4.91. The fourth-order valence-corrected chi connectivity index (χ4v) is 3.14. The fraction of sp³-hybridized carbons (Fsp3) is 0.227. The van der Waals surface area contributed by atoms with Crippen LogP contribution in [0.3, 0.4) is 0 Å². The highest BCUT2D eigenvalue weighted by Gasteiger charge is 2.30. The highest BCUT2D eigenvalue weighted by molar-refractivity contribution is 6.00. The summed E-state index contributed by atoms with van der Waals surface area (Å²) in [7, 11) is 0. The molecule has 2 aromatic carbocycles. The van der Waals surface area contributed by atoms with Crippen LogP contribution >= 0.6 is 0 Å². The number of rotatable bonds is 3. The summed E-state index contributed by atoms with van der Waals surface area (Å²) in [6, 6.07) is 16.2. The summed E-state index contributed by atoms with van der Waals surface area (Å²) in [6.07, 6.45) is 2.26. The summed E-state index contributed by atoms with van der Waals surface area (Å²) in [5.74, 6) is 1.31. The number of hydrogen-bond donors (Lipinski definition) is 0. The predicted molar refractivity (Wildman–Crippen MR) is 98.0 cm³/mol. The maximum atomic E-state index is 11.1. The van der Waals surface area contributed by atoms with Gasteiger partial charge in [0.15, 0.2) is 0 Å². The molecule has 1 saturated carbocycles. The van der Waals surface area contributed by atoms with Crippen molar-refractivity contribution >= 4 is 17.1 Å². The molecule has 1 fully saturated rings. The fourth-order valence-electron chi connectivity index (χ4n) is 3.14. The van der Waals surface area contributed by atoms with E-state index < -0.39 is 0 Å². The largest absolute Gasteiger partial charge is 0.488 e. The summed E-state index contributed by atoms with van der Waals surface area (Å²) in [5, 5.41) is 0. The van der Waals surface area contributed by atoms with Crippen LogP contribution in [0.15, 0.2) is 59.9 Å². The van der Waals surface area contributed by atoms with Crippen molar-refractivity contribution in [3.05, 3.63) is 76.6 Å². The molecule has 4 rings (SSSR count). The van der Waals surface area contributed by atoms with Crippen LogP contribution in [-0.2, 0) is 9.53 Å². The lowest BCUT2D eigenvalue weighted by Crippen LogP contribution is -2.01. The highest BCUT2D eigenvalue weighted by atomic mass is 16.5. The minimum atomic E-state index is -0.308. The van der Waals surface area contributed by atoms with Gasteiger partial charge in [0.25, 0.3) is 0 Å². The highest BCUT2D eigenvalue weighted by Crippen LogP contribution is 2.46. The Labute approximate surface area is 147 Å². The SMILES string of the molecule is CC(=O)Oc1ccc(C2=C(c3ccc(C)cc3)C(=C3CC3)OC2)cc1. The molecule has 126 valence electrons. The number of carbonyl (C=O) groups is 1. The number of aryl methyl sites for hydroxylation is 1. The number of carbonyl (C=O) groups excluding carboxylic acids is 1. The second-order valence-electron chi connectivity index (χ2n) is 6.56. The Morgan fingerprint density at radius 2 is 1.60 bits per heavy atom. The van der Waals surface area contributed by atoms with E-state index in [1.165, 1.54) is 34.8 Å². The van der Waals surface area contributed by atoms with Crippen molar-refractivity contribution in [1.29, 1.82) is 0 Å². The number of ether oxygens (including phenoxy) is 2. The van der Waals surface area contributed by atoms with Crippen LogP contribution in [0.5, 0.6) is 5.75 Å². The minimum absolute atomic E-state index is 0.308. The number of allylic oxidation sites excluding steroid dienone is 2. The Hall–Kier alpha value is -2.81. The molecule has 0 amide bonds. The molecule has 1 aliphatic heterocycles. The van der Waals surface area contributed by atoms with E-state index >= 15 is 0 Å². The van der Waals surface area contributed by atoms with Gasteiger partial charge in [-0.15, -0.1) is 0 Å². The quantitative estimate of drug-likeness (QED) is 0.592. The molecule has 0 N–H and O–H groups in total. The lowest BCUT2D eigenvalue weighted by atomic mass is 9.94. The average molecular weight is 332 g/mol. The van der Waals surface area contributed by atoms with E-state index in [1.54, 1.807) is 0 Å². The van der Waals surface area contributed by atoms with Crippen LogP contribution in [0.4, 0.5) is 0 Å². The van der Waals surface area contributed by atoms with Crippen molar-refractivity contribution in [1.82, 2.24) is 0 Å². The molecule has 0 aromatic heterocycles. The standard InChI is InChI=1S/C22H20O3/c1-14-3-5-17(6-4-14)21-20(13-24-22(21)18-7-8-18)16-9-11-19(12-10-16)25-15(2)23/h3-6,9-12H,7-8,13H2,1-2H3.